The molecular weight excluding hydrogens is 472 g/mol. The quantitative estimate of drug-likeness (QED) is 0.154. The molecule has 0 saturated carbocycles. The van der Waals surface area contributed by atoms with E-state index in [2.05, 4.69) is 0 Å². The molecule has 0 aromatic heterocycles. The van der Waals surface area contributed by atoms with Gasteiger partial charge in [0.15, 0.2) is 18.9 Å². The maximum absolute atomic E-state index is 10.2. The highest BCUT2D eigenvalue weighted by Crippen LogP contribution is 2.29. The van der Waals surface area contributed by atoms with Crippen molar-refractivity contribution in [3.05, 3.63) is 0 Å². The minimum absolute atomic E-state index is 0.609. The van der Waals surface area contributed by atoms with Crippen molar-refractivity contribution in [2.75, 3.05) is 19.8 Å². The average Bonchev–Trinajstić information content (AvgIpc) is 2.83. The van der Waals surface area contributed by atoms with E-state index in [9.17, 15) is 56.2 Å². The van der Waals surface area contributed by atoms with Gasteiger partial charge in [-0.3, -0.25) is 0 Å². The maximum atomic E-state index is 10.2. The molecule has 3 rings (SSSR count). The Morgan fingerprint density at radius 3 is 1.24 bits per heavy atom. The summed E-state index contributed by atoms with van der Waals surface area (Å²) in [5.41, 5.74) is 0. The van der Waals surface area contributed by atoms with Gasteiger partial charge in [0.1, 0.15) is 73.2 Å². The van der Waals surface area contributed by atoms with E-state index in [-0.39, 0.29) is 0 Å². The normalized spacial score (nSPS) is 52.5. The zero-order chi connectivity index (χ0) is 25.3. The van der Waals surface area contributed by atoms with Crippen LogP contribution >= 0.6 is 0 Å². The monoisotopic (exact) mass is 504 g/mol. The van der Waals surface area contributed by atoms with E-state index in [4.69, 9.17) is 23.7 Å². The Kier molecular flexibility index (Phi) is 9.54. The van der Waals surface area contributed by atoms with Crippen LogP contribution < -0.4 is 0 Å². The molecule has 0 spiro atoms. The summed E-state index contributed by atoms with van der Waals surface area (Å²) >= 11 is 0. The predicted octanol–water partition coefficient (Wildman–Crippen LogP) is -7.57. The first-order valence-electron chi connectivity index (χ1n) is 10.6. The molecule has 0 bridgehead atoms. The van der Waals surface area contributed by atoms with Crippen molar-refractivity contribution in [1.82, 2.24) is 0 Å². The van der Waals surface area contributed by atoms with E-state index in [0.29, 0.717) is 0 Å². The Morgan fingerprint density at radius 1 is 0.441 bits per heavy atom. The van der Waals surface area contributed by atoms with Crippen LogP contribution in [0.1, 0.15) is 0 Å². The summed E-state index contributed by atoms with van der Waals surface area (Å²) in [5.74, 6) is 0. The third kappa shape index (κ3) is 5.52. The van der Waals surface area contributed by atoms with Gasteiger partial charge in [0, 0.05) is 0 Å². The van der Waals surface area contributed by atoms with Crippen LogP contribution in [0.25, 0.3) is 0 Å². The molecule has 11 N–H and O–H groups in total. The zero-order valence-corrected chi connectivity index (χ0v) is 17.7. The fourth-order valence-corrected chi connectivity index (χ4v) is 3.87. The summed E-state index contributed by atoms with van der Waals surface area (Å²) in [7, 11) is 0. The minimum atomic E-state index is -1.87. The van der Waals surface area contributed by atoms with E-state index in [1.807, 2.05) is 0 Å². The van der Waals surface area contributed by atoms with Gasteiger partial charge in [0.2, 0.25) is 0 Å². The molecule has 0 amide bonds. The first-order valence-corrected chi connectivity index (χ1v) is 10.6. The lowest BCUT2D eigenvalue weighted by atomic mass is 9.98. The highest BCUT2D eigenvalue weighted by molar-refractivity contribution is 4.93. The molecular formula is C18H32O16. The Hall–Kier alpha value is -0.640. The highest BCUT2D eigenvalue weighted by atomic mass is 16.8. The number of rotatable bonds is 7. The zero-order valence-electron chi connectivity index (χ0n) is 17.7. The number of hydrogen-bond acceptors (Lipinski definition) is 16. The molecule has 0 aromatic carbocycles. The van der Waals surface area contributed by atoms with Crippen molar-refractivity contribution < 1.29 is 79.9 Å². The molecule has 3 saturated heterocycles. The molecule has 3 aliphatic heterocycles. The van der Waals surface area contributed by atoms with Crippen molar-refractivity contribution in [2.24, 2.45) is 0 Å². The summed E-state index contributed by atoms with van der Waals surface area (Å²) in [6.07, 6.45) is -24.9. The van der Waals surface area contributed by atoms with Crippen LogP contribution in [-0.2, 0) is 23.7 Å². The summed E-state index contributed by atoms with van der Waals surface area (Å²) in [6.45, 7) is -2.05. The standard InChI is InChI=1S/C18H32O16/c19-1-4-7(21)10(24)13(27)16(31-4)30-3-6-9(23)12(26)15(29)18(33-6)34-17-14(28)11(25)8(22)5(2-20)32-17/h4-29H,1-3H2/t4-,5-,6-,7-,8-,9-,10+,11+,12+,13-,14-,15-,16-,17-,18-/m1/s1. The van der Waals surface area contributed by atoms with E-state index < -0.39 is 112 Å². The Balaban J connectivity index is 1.64. The SMILES string of the molecule is OC[C@H]1O[C@@H](OC[C@H]2O[C@H](O[C@H]3O[C@H](CO)[C@@H](O)[C@H](O)[C@H]3O)[C@H](O)[C@@H](O)[C@@H]2O)[C@H](O)[C@@H](O)[C@@H]1O. The lowest BCUT2D eigenvalue weighted by Crippen LogP contribution is -2.64. The van der Waals surface area contributed by atoms with Gasteiger partial charge in [-0.05, 0) is 0 Å². The third-order valence-electron chi connectivity index (χ3n) is 6.06. The van der Waals surface area contributed by atoms with Crippen LogP contribution in [0.2, 0.25) is 0 Å². The second-order valence-corrected chi connectivity index (χ2v) is 8.38. The van der Waals surface area contributed by atoms with Crippen molar-refractivity contribution in [1.29, 1.82) is 0 Å². The van der Waals surface area contributed by atoms with Crippen molar-refractivity contribution in [2.45, 2.75) is 92.1 Å². The summed E-state index contributed by atoms with van der Waals surface area (Å²) in [6, 6.07) is 0. The van der Waals surface area contributed by atoms with Crippen molar-refractivity contribution in [3.63, 3.8) is 0 Å². The molecule has 0 unspecified atom stereocenters. The van der Waals surface area contributed by atoms with Gasteiger partial charge in [-0.25, -0.2) is 0 Å². The number of hydrogen-bond donors (Lipinski definition) is 11. The lowest BCUT2D eigenvalue weighted by molar-refractivity contribution is -0.381. The van der Waals surface area contributed by atoms with Crippen LogP contribution in [0.15, 0.2) is 0 Å². The molecule has 0 radical (unpaired) electrons. The summed E-state index contributed by atoms with van der Waals surface area (Å²) in [5, 5.41) is 109. The highest BCUT2D eigenvalue weighted by Gasteiger charge is 2.50. The van der Waals surface area contributed by atoms with Crippen LogP contribution in [-0.4, -0.2) is 168 Å². The summed E-state index contributed by atoms with van der Waals surface area (Å²) < 4.78 is 26.3. The minimum Gasteiger partial charge on any atom is -0.394 e. The summed E-state index contributed by atoms with van der Waals surface area (Å²) in [4.78, 5) is 0. The lowest BCUT2D eigenvalue weighted by Gasteiger charge is -2.45. The molecule has 16 heteroatoms. The molecule has 3 fully saturated rings. The second-order valence-electron chi connectivity index (χ2n) is 8.38. The molecule has 3 heterocycles. The fraction of sp³-hybridized carbons (Fsp3) is 1.00. The van der Waals surface area contributed by atoms with Gasteiger partial charge in [-0.2, -0.15) is 0 Å². The number of aliphatic hydroxyl groups excluding tert-OH is 11. The maximum Gasteiger partial charge on any atom is 0.189 e. The largest absolute Gasteiger partial charge is 0.394 e. The molecule has 0 aromatic rings. The van der Waals surface area contributed by atoms with E-state index in [0.717, 1.165) is 0 Å². The molecule has 0 aliphatic carbocycles. The van der Waals surface area contributed by atoms with Crippen LogP contribution in [0.4, 0.5) is 0 Å². The van der Waals surface area contributed by atoms with E-state index in [1.54, 1.807) is 0 Å². The third-order valence-corrected chi connectivity index (χ3v) is 6.06. The number of ether oxygens (including phenoxy) is 5. The van der Waals surface area contributed by atoms with Crippen LogP contribution in [0, 0.1) is 0 Å². The van der Waals surface area contributed by atoms with Crippen LogP contribution in [0.3, 0.4) is 0 Å². The molecule has 16 nitrogen and oxygen atoms in total. The Bertz CT molecular complexity index is 635. The van der Waals surface area contributed by atoms with Gasteiger partial charge in [-0.15, -0.1) is 0 Å². The van der Waals surface area contributed by atoms with E-state index in [1.165, 1.54) is 0 Å². The predicted molar refractivity (Wildman–Crippen MR) is 101 cm³/mol. The van der Waals surface area contributed by atoms with Crippen molar-refractivity contribution in [3.8, 4) is 0 Å². The average molecular weight is 504 g/mol. The number of aliphatic hydroxyl groups is 11. The van der Waals surface area contributed by atoms with Gasteiger partial charge in [-0.1, -0.05) is 0 Å². The molecule has 200 valence electrons. The molecule has 3 aliphatic rings. The smallest absolute Gasteiger partial charge is 0.189 e. The van der Waals surface area contributed by atoms with Gasteiger partial charge < -0.3 is 79.9 Å². The van der Waals surface area contributed by atoms with Gasteiger partial charge in [0.25, 0.3) is 0 Å². The first-order chi connectivity index (χ1) is 16.0. The topological polar surface area (TPSA) is 269 Å². The molecule has 15 atom stereocenters. The van der Waals surface area contributed by atoms with Gasteiger partial charge in [0.05, 0.1) is 19.8 Å². The van der Waals surface area contributed by atoms with Gasteiger partial charge >= 0.3 is 0 Å². The Labute approximate surface area is 192 Å². The van der Waals surface area contributed by atoms with E-state index >= 15 is 0 Å². The second kappa shape index (κ2) is 11.6. The fourth-order valence-electron chi connectivity index (χ4n) is 3.87. The van der Waals surface area contributed by atoms with Crippen LogP contribution in [0.5, 0.6) is 0 Å². The van der Waals surface area contributed by atoms with Crippen molar-refractivity contribution >= 4 is 0 Å². The first kappa shape index (κ1) is 27.9. The molecule has 34 heavy (non-hydrogen) atoms. The Morgan fingerprint density at radius 2 is 0.794 bits per heavy atom.